The molecule has 2 aromatic heterocycles. The van der Waals surface area contributed by atoms with Gasteiger partial charge in [-0.25, -0.2) is 4.98 Å². The molecule has 0 saturated heterocycles. The first kappa shape index (κ1) is 20.4. The first-order chi connectivity index (χ1) is 14.6. The quantitative estimate of drug-likeness (QED) is 0.603. The highest BCUT2D eigenvalue weighted by Crippen LogP contribution is 2.32. The summed E-state index contributed by atoms with van der Waals surface area (Å²) in [5, 5.41) is 7.63. The van der Waals surface area contributed by atoms with Crippen molar-refractivity contribution >= 4 is 40.2 Å². The molecule has 3 heterocycles. The van der Waals surface area contributed by atoms with Crippen LogP contribution in [0.5, 0.6) is 11.5 Å². The van der Waals surface area contributed by atoms with Gasteiger partial charge in [0.1, 0.15) is 18.2 Å². The monoisotopic (exact) mass is 443 g/mol. The molecule has 0 unspecified atom stereocenters. The Balaban J connectivity index is 1.34. The van der Waals surface area contributed by atoms with Crippen LogP contribution in [0.4, 0.5) is 5.69 Å². The summed E-state index contributed by atoms with van der Waals surface area (Å²) in [6.45, 7) is 3.27. The third kappa shape index (κ3) is 4.80. The predicted octanol–water partition coefficient (Wildman–Crippen LogP) is 3.67. The number of likely N-dealkylation sites (N-methyl/N-ethyl adjacent to an activating group) is 1. The van der Waals surface area contributed by atoms with Crippen molar-refractivity contribution in [3.05, 3.63) is 46.8 Å². The average molecular weight is 444 g/mol. The Morgan fingerprint density at radius 1 is 1.17 bits per heavy atom. The Labute approximate surface area is 182 Å². The van der Waals surface area contributed by atoms with E-state index in [0.717, 1.165) is 15.6 Å². The number of nitrogens with one attached hydrogen (secondary N) is 1. The zero-order valence-electron chi connectivity index (χ0n) is 16.4. The van der Waals surface area contributed by atoms with Gasteiger partial charge in [-0.05, 0) is 30.5 Å². The van der Waals surface area contributed by atoms with Crippen LogP contribution >= 0.6 is 22.7 Å². The van der Waals surface area contributed by atoms with Crippen LogP contribution in [0.3, 0.4) is 0 Å². The largest absolute Gasteiger partial charge is 0.486 e. The molecule has 0 bridgehead atoms. The Morgan fingerprint density at radius 2 is 2.00 bits per heavy atom. The number of anilines is 1. The maximum Gasteiger partial charge on any atom is 0.243 e. The van der Waals surface area contributed by atoms with Crippen LogP contribution in [-0.2, 0) is 16.0 Å². The van der Waals surface area contributed by atoms with Gasteiger partial charge in [0.2, 0.25) is 11.8 Å². The number of benzene rings is 1. The summed E-state index contributed by atoms with van der Waals surface area (Å²) in [6.07, 6.45) is 0.174. The highest BCUT2D eigenvalue weighted by Gasteiger charge is 2.19. The number of nitrogens with zero attached hydrogens (tertiary/aromatic N) is 2. The fourth-order valence-electron chi connectivity index (χ4n) is 3.04. The second kappa shape index (κ2) is 9.27. The molecule has 0 spiro atoms. The molecule has 3 aromatic rings. The van der Waals surface area contributed by atoms with E-state index in [4.69, 9.17) is 9.47 Å². The van der Waals surface area contributed by atoms with Crippen LogP contribution in [-0.4, -0.2) is 48.0 Å². The minimum atomic E-state index is -0.264. The molecule has 7 nitrogen and oxygen atoms in total. The van der Waals surface area contributed by atoms with Gasteiger partial charge in [-0.2, -0.15) is 0 Å². The van der Waals surface area contributed by atoms with E-state index in [1.54, 1.807) is 29.5 Å². The van der Waals surface area contributed by atoms with Crippen LogP contribution in [0.25, 0.3) is 9.88 Å². The lowest BCUT2D eigenvalue weighted by atomic mass is 10.2. The fraction of sp³-hybridized carbons (Fsp3) is 0.286. The van der Waals surface area contributed by atoms with Crippen molar-refractivity contribution in [1.29, 1.82) is 0 Å². The summed E-state index contributed by atoms with van der Waals surface area (Å²) in [5.74, 6) is 0.875. The van der Waals surface area contributed by atoms with Gasteiger partial charge in [0.15, 0.2) is 11.5 Å². The van der Waals surface area contributed by atoms with E-state index >= 15 is 0 Å². The summed E-state index contributed by atoms with van der Waals surface area (Å²) in [6, 6.07) is 9.23. The smallest absolute Gasteiger partial charge is 0.243 e. The molecule has 1 aliphatic rings. The number of rotatable bonds is 7. The summed E-state index contributed by atoms with van der Waals surface area (Å²) < 4.78 is 11.0. The van der Waals surface area contributed by atoms with Crippen molar-refractivity contribution in [3.63, 3.8) is 0 Å². The molecule has 0 aliphatic carbocycles. The summed E-state index contributed by atoms with van der Waals surface area (Å²) >= 11 is 3.14. The number of fused-ring (bicyclic) bond motifs is 1. The van der Waals surface area contributed by atoms with E-state index in [9.17, 15) is 9.59 Å². The summed E-state index contributed by atoms with van der Waals surface area (Å²) in [5.41, 5.74) is 1.33. The number of hydrogen-bond acceptors (Lipinski definition) is 7. The van der Waals surface area contributed by atoms with Gasteiger partial charge in [0.05, 0.1) is 23.5 Å². The zero-order valence-corrected chi connectivity index (χ0v) is 18.1. The van der Waals surface area contributed by atoms with E-state index in [1.165, 1.54) is 16.2 Å². The van der Waals surface area contributed by atoms with Crippen LogP contribution < -0.4 is 14.8 Å². The lowest BCUT2D eigenvalue weighted by Gasteiger charge is -2.21. The van der Waals surface area contributed by atoms with Gasteiger partial charge < -0.3 is 19.7 Å². The Morgan fingerprint density at radius 3 is 2.77 bits per heavy atom. The van der Waals surface area contributed by atoms with Gasteiger partial charge in [0.25, 0.3) is 0 Å². The van der Waals surface area contributed by atoms with Gasteiger partial charge >= 0.3 is 0 Å². The third-order valence-corrected chi connectivity index (χ3v) is 6.44. The maximum atomic E-state index is 12.7. The van der Waals surface area contributed by atoms with Crippen LogP contribution in [0.2, 0.25) is 0 Å². The van der Waals surface area contributed by atoms with Crippen molar-refractivity contribution in [2.24, 2.45) is 0 Å². The lowest BCUT2D eigenvalue weighted by molar-refractivity contribution is -0.133. The van der Waals surface area contributed by atoms with Gasteiger partial charge in [-0.15, -0.1) is 22.7 Å². The molecular formula is C21H21N3O4S2. The zero-order chi connectivity index (χ0) is 20.9. The van der Waals surface area contributed by atoms with E-state index < -0.39 is 0 Å². The predicted molar refractivity (Wildman–Crippen MR) is 117 cm³/mol. The first-order valence-corrected chi connectivity index (χ1v) is 11.3. The number of ether oxygens (including phenoxy) is 2. The molecule has 0 saturated carbocycles. The minimum absolute atomic E-state index is 0.0221. The molecule has 0 fully saturated rings. The van der Waals surface area contributed by atoms with E-state index in [2.05, 4.69) is 10.3 Å². The van der Waals surface area contributed by atoms with Gasteiger partial charge in [0, 0.05) is 23.7 Å². The van der Waals surface area contributed by atoms with Crippen molar-refractivity contribution < 1.29 is 19.1 Å². The molecule has 1 aliphatic heterocycles. The molecule has 30 heavy (non-hydrogen) atoms. The van der Waals surface area contributed by atoms with E-state index in [1.807, 2.05) is 29.8 Å². The molecule has 0 radical (unpaired) electrons. The normalized spacial score (nSPS) is 12.4. The molecule has 2 amide bonds. The molecule has 4 rings (SSSR count). The molecule has 9 heteroatoms. The molecule has 156 valence electrons. The highest BCUT2D eigenvalue weighted by atomic mass is 32.1. The van der Waals surface area contributed by atoms with E-state index in [0.29, 0.717) is 36.9 Å². The average Bonchev–Trinajstić information content (AvgIpc) is 3.44. The number of hydrogen-bond donors (Lipinski definition) is 1. The number of carbonyl (C=O) groups is 2. The maximum absolute atomic E-state index is 12.7. The van der Waals surface area contributed by atoms with Crippen LogP contribution in [0, 0.1) is 0 Å². The first-order valence-electron chi connectivity index (χ1n) is 9.58. The SMILES string of the molecule is CCN(CC(=O)Nc1ccc2c(c1)OCCO2)C(=O)Cc1csc(-c2cccs2)n1. The minimum Gasteiger partial charge on any atom is -0.486 e. The Bertz CT molecular complexity index is 1030. The van der Waals surface area contributed by atoms with Crippen molar-refractivity contribution in [3.8, 4) is 21.4 Å². The molecule has 1 N–H and O–H groups in total. The van der Waals surface area contributed by atoms with Gasteiger partial charge in [-0.1, -0.05) is 6.07 Å². The Hall–Kier alpha value is -2.91. The molecule has 1 aromatic carbocycles. The number of amides is 2. The highest BCUT2D eigenvalue weighted by molar-refractivity contribution is 7.20. The topological polar surface area (TPSA) is 80.8 Å². The molecule has 0 atom stereocenters. The fourth-order valence-corrected chi connectivity index (χ4v) is 4.67. The van der Waals surface area contributed by atoms with Crippen LogP contribution in [0.1, 0.15) is 12.6 Å². The van der Waals surface area contributed by atoms with E-state index in [-0.39, 0.29) is 24.8 Å². The number of carbonyl (C=O) groups excluding carboxylic acids is 2. The second-order valence-corrected chi connectivity index (χ2v) is 8.42. The Kier molecular flexibility index (Phi) is 6.29. The lowest BCUT2D eigenvalue weighted by Crippen LogP contribution is -2.38. The standard InChI is InChI=1S/C21H21N3O4S2/c1-2-24(20(26)11-15-13-30-21(23-15)18-4-3-9-29-18)12-19(25)22-14-5-6-16-17(10-14)28-8-7-27-16/h3-6,9-10,13H,2,7-8,11-12H2,1H3,(H,22,25). The molecular weight excluding hydrogens is 422 g/mol. The number of thiophene rings is 1. The van der Waals surface area contributed by atoms with Crippen LogP contribution in [0.15, 0.2) is 41.1 Å². The number of aromatic nitrogens is 1. The summed E-state index contributed by atoms with van der Waals surface area (Å²) in [4.78, 5) is 32.3. The summed E-state index contributed by atoms with van der Waals surface area (Å²) in [7, 11) is 0. The van der Waals surface area contributed by atoms with Gasteiger partial charge in [-0.3, -0.25) is 9.59 Å². The van der Waals surface area contributed by atoms with Crippen molar-refractivity contribution in [2.75, 3.05) is 31.6 Å². The van der Waals surface area contributed by atoms with Crippen molar-refractivity contribution in [2.45, 2.75) is 13.3 Å². The third-order valence-electron chi connectivity index (χ3n) is 4.51. The number of thiazole rings is 1. The second-order valence-electron chi connectivity index (χ2n) is 6.61. The van der Waals surface area contributed by atoms with Crippen molar-refractivity contribution in [1.82, 2.24) is 9.88 Å².